The molecule has 18 heavy (non-hydrogen) atoms. The maximum Gasteiger partial charge on any atom is 0.251 e. The molecule has 0 aliphatic heterocycles. The predicted octanol–water partition coefficient (Wildman–Crippen LogP) is 3.98. The van der Waals surface area contributed by atoms with E-state index in [4.69, 9.17) is 11.6 Å². The zero-order chi connectivity index (χ0) is 13.0. The van der Waals surface area contributed by atoms with Gasteiger partial charge in [0, 0.05) is 22.0 Å². The van der Waals surface area contributed by atoms with Crippen LogP contribution in [0.25, 0.3) is 0 Å². The Morgan fingerprint density at radius 2 is 2.17 bits per heavy atom. The number of rotatable bonds is 3. The Morgan fingerprint density at radius 3 is 2.89 bits per heavy atom. The second kappa shape index (κ2) is 6.58. The molecule has 0 radical (unpaired) electrons. The Kier molecular flexibility index (Phi) is 5.07. The molecule has 0 aromatic heterocycles. The van der Waals surface area contributed by atoms with E-state index in [0.29, 0.717) is 18.0 Å². The number of amides is 1. The van der Waals surface area contributed by atoms with Crippen molar-refractivity contribution in [2.24, 2.45) is 5.92 Å². The molecule has 2 nitrogen and oxygen atoms in total. The van der Waals surface area contributed by atoms with E-state index in [1.54, 1.807) is 0 Å². The molecule has 1 aromatic carbocycles. The second-order valence-corrected chi connectivity index (χ2v) is 6.26. The highest BCUT2D eigenvalue weighted by atomic mass is 79.9. The number of alkyl halides is 1. The van der Waals surface area contributed by atoms with Gasteiger partial charge in [0.2, 0.25) is 0 Å². The summed E-state index contributed by atoms with van der Waals surface area (Å²) in [5, 5.41) is 3.19. The number of nitrogens with one attached hydrogen (secondary N) is 1. The van der Waals surface area contributed by atoms with E-state index in [9.17, 15) is 4.79 Å². The Bertz CT molecular complexity index is 424. The molecule has 1 aromatic rings. The molecule has 0 bridgehead atoms. The third-order valence-electron chi connectivity index (χ3n) is 3.43. The average Bonchev–Trinajstić information content (AvgIpc) is 2.37. The van der Waals surface area contributed by atoms with Gasteiger partial charge in [-0.05, 0) is 37.0 Å². The van der Waals surface area contributed by atoms with E-state index in [1.165, 1.54) is 12.8 Å². The number of carbonyl (C=O) groups excluding carboxylic acids is 1. The fourth-order valence-electron chi connectivity index (χ4n) is 2.35. The Morgan fingerprint density at radius 1 is 1.39 bits per heavy atom. The largest absolute Gasteiger partial charge is 0.352 e. The summed E-state index contributed by atoms with van der Waals surface area (Å²) in [6.45, 7) is 0.680. The molecule has 4 heteroatoms. The maximum atomic E-state index is 12.0. The minimum atomic E-state index is -0.0225. The molecule has 1 saturated carbocycles. The lowest BCUT2D eigenvalue weighted by molar-refractivity contribution is 0.0944. The summed E-state index contributed by atoms with van der Waals surface area (Å²) in [6.07, 6.45) is 4.62. The number of halogens is 2. The van der Waals surface area contributed by atoms with Gasteiger partial charge in [0.25, 0.3) is 5.91 Å². The van der Waals surface area contributed by atoms with Crippen LogP contribution in [-0.4, -0.2) is 17.8 Å². The van der Waals surface area contributed by atoms with Crippen molar-refractivity contribution in [3.05, 3.63) is 34.3 Å². The number of benzene rings is 1. The van der Waals surface area contributed by atoms with E-state index in [2.05, 4.69) is 21.2 Å². The summed E-state index contributed by atoms with van der Waals surface area (Å²) in [7, 11) is 0. The Balaban J connectivity index is 1.88. The van der Waals surface area contributed by atoms with E-state index < -0.39 is 0 Å². The van der Waals surface area contributed by atoms with Crippen LogP contribution in [0.3, 0.4) is 0 Å². The molecule has 1 fully saturated rings. The van der Waals surface area contributed by atoms with Crippen molar-refractivity contribution in [2.45, 2.75) is 31.1 Å². The molecule has 2 atom stereocenters. The van der Waals surface area contributed by atoms with Crippen LogP contribution in [0.5, 0.6) is 0 Å². The lowest BCUT2D eigenvalue weighted by Crippen LogP contribution is -2.34. The molecule has 1 amide bonds. The van der Waals surface area contributed by atoms with Crippen molar-refractivity contribution < 1.29 is 4.79 Å². The van der Waals surface area contributed by atoms with Gasteiger partial charge in [0.15, 0.2) is 0 Å². The lowest BCUT2D eigenvalue weighted by atomic mass is 9.88. The zero-order valence-corrected chi connectivity index (χ0v) is 12.5. The standard InChI is InChI=1S/C14H17BrClNO/c15-12-6-3-5-10(8-12)14(18)17-9-11-4-1-2-7-13(11)16/h3,5-6,8,11,13H,1-2,4,7,9H2,(H,17,18). The van der Waals surface area contributed by atoms with Crippen molar-refractivity contribution in [3.63, 3.8) is 0 Å². The first-order valence-corrected chi connectivity index (χ1v) is 7.57. The van der Waals surface area contributed by atoms with Crippen LogP contribution < -0.4 is 5.32 Å². The van der Waals surface area contributed by atoms with Crippen molar-refractivity contribution in [3.8, 4) is 0 Å². The molecular weight excluding hydrogens is 314 g/mol. The number of carbonyl (C=O) groups is 1. The molecule has 98 valence electrons. The van der Waals surface area contributed by atoms with Gasteiger partial charge in [-0.1, -0.05) is 34.8 Å². The predicted molar refractivity (Wildman–Crippen MR) is 78.1 cm³/mol. The van der Waals surface area contributed by atoms with E-state index in [1.807, 2.05) is 24.3 Å². The lowest BCUT2D eigenvalue weighted by Gasteiger charge is -2.27. The summed E-state index contributed by atoms with van der Waals surface area (Å²) in [5.41, 5.74) is 0.686. The fraction of sp³-hybridized carbons (Fsp3) is 0.500. The Hall–Kier alpha value is -0.540. The average molecular weight is 331 g/mol. The minimum absolute atomic E-state index is 0.0225. The summed E-state index contributed by atoms with van der Waals surface area (Å²) < 4.78 is 0.919. The molecule has 0 heterocycles. The Labute approximate surface area is 121 Å². The summed E-state index contributed by atoms with van der Waals surface area (Å²) in [6, 6.07) is 7.42. The van der Waals surface area contributed by atoms with Crippen LogP contribution in [0.1, 0.15) is 36.0 Å². The van der Waals surface area contributed by atoms with E-state index in [0.717, 1.165) is 17.3 Å². The summed E-state index contributed by atoms with van der Waals surface area (Å²) in [4.78, 5) is 12.0. The third kappa shape index (κ3) is 3.72. The van der Waals surface area contributed by atoms with E-state index in [-0.39, 0.29) is 11.3 Å². The van der Waals surface area contributed by atoms with E-state index >= 15 is 0 Å². The number of hydrogen-bond acceptors (Lipinski definition) is 1. The molecule has 0 spiro atoms. The zero-order valence-electron chi connectivity index (χ0n) is 10.2. The second-order valence-electron chi connectivity index (χ2n) is 4.78. The van der Waals surface area contributed by atoms with Crippen molar-refractivity contribution in [1.82, 2.24) is 5.32 Å². The van der Waals surface area contributed by atoms with Gasteiger partial charge in [0.05, 0.1) is 0 Å². The highest BCUT2D eigenvalue weighted by Gasteiger charge is 2.23. The monoisotopic (exact) mass is 329 g/mol. The molecule has 1 aliphatic carbocycles. The van der Waals surface area contributed by atoms with Crippen LogP contribution in [0.4, 0.5) is 0 Å². The molecule has 1 N–H and O–H groups in total. The third-order valence-corrected chi connectivity index (χ3v) is 4.50. The SMILES string of the molecule is O=C(NCC1CCCCC1Cl)c1cccc(Br)c1. The number of hydrogen-bond donors (Lipinski definition) is 1. The summed E-state index contributed by atoms with van der Waals surface area (Å²) in [5.74, 6) is 0.391. The van der Waals surface area contributed by atoms with Gasteiger partial charge in [0.1, 0.15) is 0 Å². The molecule has 2 rings (SSSR count). The van der Waals surface area contributed by atoms with Crippen LogP contribution in [0.15, 0.2) is 28.7 Å². The topological polar surface area (TPSA) is 29.1 Å². The van der Waals surface area contributed by atoms with Crippen LogP contribution >= 0.6 is 27.5 Å². The van der Waals surface area contributed by atoms with Gasteiger partial charge >= 0.3 is 0 Å². The molecule has 0 saturated heterocycles. The van der Waals surface area contributed by atoms with Crippen molar-refractivity contribution >= 4 is 33.4 Å². The van der Waals surface area contributed by atoms with Gasteiger partial charge in [-0.3, -0.25) is 4.79 Å². The first kappa shape index (κ1) is 13.9. The van der Waals surface area contributed by atoms with Gasteiger partial charge in [-0.25, -0.2) is 0 Å². The molecular formula is C14H17BrClNO. The van der Waals surface area contributed by atoms with Gasteiger partial charge in [-0.2, -0.15) is 0 Å². The fourth-order valence-corrected chi connectivity index (χ4v) is 3.12. The van der Waals surface area contributed by atoms with Crippen molar-refractivity contribution in [2.75, 3.05) is 6.54 Å². The van der Waals surface area contributed by atoms with Crippen molar-refractivity contribution in [1.29, 1.82) is 0 Å². The quantitative estimate of drug-likeness (QED) is 0.835. The maximum absolute atomic E-state index is 12.0. The van der Waals surface area contributed by atoms with Gasteiger partial charge < -0.3 is 5.32 Å². The minimum Gasteiger partial charge on any atom is -0.352 e. The molecule has 1 aliphatic rings. The van der Waals surface area contributed by atoms with Crippen LogP contribution in [0.2, 0.25) is 0 Å². The highest BCUT2D eigenvalue weighted by Crippen LogP contribution is 2.28. The molecule has 2 unspecified atom stereocenters. The highest BCUT2D eigenvalue weighted by molar-refractivity contribution is 9.10. The van der Waals surface area contributed by atoms with Crippen LogP contribution in [-0.2, 0) is 0 Å². The van der Waals surface area contributed by atoms with Gasteiger partial charge in [-0.15, -0.1) is 11.6 Å². The first-order chi connectivity index (χ1) is 8.66. The normalized spacial score (nSPS) is 23.7. The van der Waals surface area contributed by atoms with Crippen LogP contribution in [0, 0.1) is 5.92 Å². The summed E-state index contributed by atoms with van der Waals surface area (Å²) >= 11 is 9.65. The first-order valence-electron chi connectivity index (χ1n) is 6.34. The smallest absolute Gasteiger partial charge is 0.251 e.